The molecule has 1 unspecified atom stereocenters. The lowest BCUT2D eigenvalue weighted by Gasteiger charge is -2.20. The summed E-state index contributed by atoms with van der Waals surface area (Å²) in [5, 5.41) is 5.10. The van der Waals surface area contributed by atoms with E-state index in [1.807, 2.05) is 24.0 Å². The van der Waals surface area contributed by atoms with E-state index in [9.17, 15) is 0 Å². The molecule has 2 nitrogen and oxygen atoms in total. The van der Waals surface area contributed by atoms with Crippen molar-refractivity contribution < 1.29 is 0 Å². The Hall–Kier alpha value is -0.700. The summed E-state index contributed by atoms with van der Waals surface area (Å²) in [4.78, 5) is 4.27. The van der Waals surface area contributed by atoms with Crippen LogP contribution in [-0.2, 0) is 0 Å². The molecule has 2 rings (SSSR count). The molecule has 1 atom stereocenters. The maximum Gasteiger partial charge on any atom is 0.119 e. The second-order valence-electron chi connectivity index (χ2n) is 2.67. The smallest absolute Gasteiger partial charge is 0.119 e. The molecular weight excluding hydrogens is 156 g/mol. The fourth-order valence-corrected chi connectivity index (χ4v) is 2.04. The van der Waals surface area contributed by atoms with Crippen molar-refractivity contribution in [3.8, 4) is 0 Å². The van der Waals surface area contributed by atoms with Crippen molar-refractivity contribution in [1.82, 2.24) is 4.98 Å². The molecule has 0 amide bonds. The summed E-state index contributed by atoms with van der Waals surface area (Å²) >= 11 is 1.84. The van der Waals surface area contributed by atoms with Crippen LogP contribution in [0.2, 0.25) is 0 Å². The minimum Gasteiger partial charge on any atom is -0.382 e. The molecule has 0 saturated carbocycles. The predicted molar refractivity (Wildman–Crippen MR) is 48.0 cm³/mol. The van der Waals surface area contributed by atoms with Gasteiger partial charge in [0.2, 0.25) is 0 Å². The molecule has 11 heavy (non-hydrogen) atoms. The average Bonchev–Trinajstić information content (AvgIpc) is 2.04. The Morgan fingerprint density at radius 1 is 1.73 bits per heavy atom. The van der Waals surface area contributed by atoms with Gasteiger partial charge in [-0.15, -0.1) is 0 Å². The number of nitrogens with one attached hydrogen (secondary N) is 1. The molecular formula is C8H10N2S. The van der Waals surface area contributed by atoms with Crippen LogP contribution in [-0.4, -0.2) is 16.8 Å². The van der Waals surface area contributed by atoms with Gasteiger partial charge in [0.1, 0.15) is 5.03 Å². The van der Waals surface area contributed by atoms with E-state index in [-0.39, 0.29) is 0 Å². The molecule has 1 aromatic rings. The summed E-state index contributed by atoms with van der Waals surface area (Å²) in [5.74, 6) is 0. The fraction of sp³-hybridized carbons (Fsp3) is 0.375. The lowest BCUT2D eigenvalue weighted by Crippen LogP contribution is -2.18. The molecule has 2 heterocycles. The van der Waals surface area contributed by atoms with E-state index < -0.39 is 0 Å². The summed E-state index contributed by atoms with van der Waals surface area (Å²) in [5.41, 5.74) is 1.18. The van der Waals surface area contributed by atoms with Crippen LogP contribution in [0.15, 0.2) is 23.4 Å². The lowest BCUT2D eigenvalue weighted by molar-refractivity contribution is 0.948. The van der Waals surface area contributed by atoms with Gasteiger partial charge in [0.25, 0.3) is 0 Å². The van der Waals surface area contributed by atoms with E-state index in [2.05, 4.69) is 23.3 Å². The zero-order valence-corrected chi connectivity index (χ0v) is 7.19. The van der Waals surface area contributed by atoms with Crippen molar-refractivity contribution in [1.29, 1.82) is 0 Å². The van der Waals surface area contributed by atoms with Crippen LogP contribution in [0.25, 0.3) is 0 Å². The van der Waals surface area contributed by atoms with Gasteiger partial charge >= 0.3 is 0 Å². The van der Waals surface area contributed by atoms with Crippen molar-refractivity contribution >= 4 is 17.4 Å². The van der Waals surface area contributed by atoms with Crippen LogP contribution >= 0.6 is 11.8 Å². The highest BCUT2D eigenvalue weighted by molar-refractivity contribution is 8.00. The van der Waals surface area contributed by atoms with Crippen molar-refractivity contribution in [2.45, 2.75) is 17.2 Å². The number of fused-ring (bicyclic) bond motifs is 1. The third-order valence-corrected chi connectivity index (χ3v) is 2.78. The highest BCUT2D eigenvalue weighted by Gasteiger charge is 2.14. The minimum atomic E-state index is 0.636. The third kappa shape index (κ3) is 1.33. The number of thioether (sulfide) groups is 1. The molecule has 0 aromatic carbocycles. The maximum atomic E-state index is 4.27. The second kappa shape index (κ2) is 2.74. The molecule has 3 heteroatoms. The van der Waals surface area contributed by atoms with Gasteiger partial charge < -0.3 is 5.32 Å². The van der Waals surface area contributed by atoms with Crippen molar-refractivity contribution in [2.75, 3.05) is 11.9 Å². The van der Waals surface area contributed by atoms with Gasteiger partial charge in [-0.1, -0.05) is 18.7 Å². The Morgan fingerprint density at radius 3 is 3.55 bits per heavy atom. The monoisotopic (exact) mass is 166 g/mol. The fourth-order valence-electron chi connectivity index (χ4n) is 1.11. The number of anilines is 1. The van der Waals surface area contributed by atoms with Gasteiger partial charge in [-0.2, -0.15) is 0 Å². The Balaban J connectivity index is 2.34. The molecule has 1 aromatic heterocycles. The first kappa shape index (κ1) is 6.98. The van der Waals surface area contributed by atoms with Crippen LogP contribution in [0.3, 0.4) is 0 Å². The van der Waals surface area contributed by atoms with E-state index in [0.717, 1.165) is 11.6 Å². The summed E-state index contributed by atoms with van der Waals surface area (Å²) < 4.78 is 0. The number of hydrogen-bond acceptors (Lipinski definition) is 3. The maximum absolute atomic E-state index is 4.27. The van der Waals surface area contributed by atoms with E-state index in [4.69, 9.17) is 0 Å². The standard InChI is InChI=1S/C8H10N2S/c1-6-5-10-7-3-2-4-9-8(7)11-6/h2-4,6,10H,5H2,1H3. The first-order valence-electron chi connectivity index (χ1n) is 3.72. The Labute approximate surface area is 70.4 Å². The van der Waals surface area contributed by atoms with Crippen LogP contribution in [0.5, 0.6) is 0 Å². The van der Waals surface area contributed by atoms with Crippen LogP contribution < -0.4 is 5.32 Å². The van der Waals surface area contributed by atoms with E-state index in [1.165, 1.54) is 5.69 Å². The molecule has 0 fully saturated rings. The molecule has 0 aliphatic carbocycles. The minimum absolute atomic E-state index is 0.636. The highest BCUT2D eigenvalue weighted by atomic mass is 32.2. The Morgan fingerprint density at radius 2 is 2.64 bits per heavy atom. The Kier molecular flexibility index (Phi) is 1.74. The van der Waals surface area contributed by atoms with E-state index >= 15 is 0 Å². The lowest BCUT2D eigenvalue weighted by atomic mass is 10.4. The molecule has 1 aliphatic rings. The summed E-state index contributed by atoms with van der Waals surface area (Å²) in [6.45, 7) is 3.25. The normalized spacial score (nSPS) is 22.1. The van der Waals surface area contributed by atoms with Crippen molar-refractivity contribution in [3.05, 3.63) is 18.3 Å². The van der Waals surface area contributed by atoms with E-state index in [1.54, 1.807) is 0 Å². The number of rotatable bonds is 0. The van der Waals surface area contributed by atoms with E-state index in [0.29, 0.717) is 5.25 Å². The molecule has 1 aliphatic heterocycles. The predicted octanol–water partition coefficient (Wildman–Crippen LogP) is 1.99. The molecule has 0 spiro atoms. The third-order valence-electron chi connectivity index (χ3n) is 1.66. The van der Waals surface area contributed by atoms with Gasteiger partial charge in [0.15, 0.2) is 0 Å². The van der Waals surface area contributed by atoms with Crippen molar-refractivity contribution in [2.24, 2.45) is 0 Å². The van der Waals surface area contributed by atoms with Crippen LogP contribution in [0.1, 0.15) is 6.92 Å². The summed E-state index contributed by atoms with van der Waals surface area (Å²) in [7, 11) is 0. The molecule has 58 valence electrons. The topological polar surface area (TPSA) is 24.9 Å². The van der Waals surface area contributed by atoms with Gasteiger partial charge in [0, 0.05) is 18.0 Å². The van der Waals surface area contributed by atoms with Gasteiger partial charge in [0.05, 0.1) is 5.69 Å². The zero-order chi connectivity index (χ0) is 7.68. The SMILES string of the molecule is CC1CNc2cccnc2S1. The largest absolute Gasteiger partial charge is 0.382 e. The summed E-state index contributed by atoms with van der Waals surface area (Å²) in [6, 6.07) is 4.03. The average molecular weight is 166 g/mol. The number of aromatic nitrogens is 1. The van der Waals surface area contributed by atoms with Crippen molar-refractivity contribution in [3.63, 3.8) is 0 Å². The van der Waals surface area contributed by atoms with Crippen LogP contribution in [0.4, 0.5) is 5.69 Å². The second-order valence-corrected chi connectivity index (χ2v) is 4.09. The zero-order valence-electron chi connectivity index (χ0n) is 6.37. The highest BCUT2D eigenvalue weighted by Crippen LogP contribution is 2.31. The summed E-state index contributed by atoms with van der Waals surface area (Å²) in [6.07, 6.45) is 1.84. The van der Waals surface area contributed by atoms with Gasteiger partial charge in [-0.05, 0) is 12.1 Å². The first-order chi connectivity index (χ1) is 5.36. The number of hydrogen-bond donors (Lipinski definition) is 1. The Bertz CT molecular complexity index is 262. The van der Waals surface area contributed by atoms with Gasteiger partial charge in [-0.3, -0.25) is 0 Å². The molecule has 1 N–H and O–H groups in total. The van der Waals surface area contributed by atoms with Gasteiger partial charge in [-0.25, -0.2) is 4.98 Å². The quantitative estimate of drug-likeness (QED) is 0.638. The molecule has 0 saturated heterocycles. The first-order valence-corrected chi connectivity index (χ1v) is 4.60. The number of nitrogens with zero attached hydrogens (tertiary/aromatic N) is 1. The molecule has 0 bridgehead atoms. The molecule has 0 radical (unpaired) electrons. The van der Waals surface area contributed by atoms with Crippen LogP contribution in [0, 0.1) is 0 Å². The number of pyridine rings is 1.